The van der Waals surface area contributed by atoms with Crippen LogP contribution in [0.1, 0.15) is 25.6 Å². The Morgan fingerprint density at radius 2 is 1.95 bits per heavy atom. The molecule has 0 fully saturated rings. The Morgan fingerprint density at radius 3 is 2.57 bits per heavy atom. The quantitative estimate of drug-likeness (QED) is 0.500. The number of carbonyl (C=O) groups is 1. The number of esters is 1. The molecule has 0 saturated heterocycles. The molecule has 10 heteroatoms. The molecule has 0 aliphatic rings. The van der Waals surface area contributed by atoms with Crippen molar-refractivity contribution in [3.63, 3.8) is 0 Å². The van der Waals surface area contributed by atoms with E-state index in [9.17, 15) is 19.5 Å². The molecule has 0 bridgehead atoms. The number of H-pyrrole nitrogens is 2. The number of nitrogens with zero attached hydrogens (tertiary/aromatic N) is 2. The standard InChI is InChI=1S/C11H13N5O5/c1-3(21-4(2)17)7(18)5-9(19)14-8-6(13-5)10(20)16-11(12)15-8/h3,7,18H,1-2H3,(H4,12,14,15,16,19,20). The number of nitrogens with one attached hydrogen (secondary N) is 2. The van der Waals surface area contributed by atoms with Crippen LogP contribution in [0.15, 0.2) is 9.59 Å². The molecule has 2 aromatic rings. The maximum atomic E-state index is 11.9. The van der Waals surface area contributed by atoms with E-state index in [-0.39, 0.29) is 22.8 Å². The van der Waals surface area contributed by atoms with Gasteiger partial charge in [0.2, 0.25) is 5.95 Å². The third kappa shape index (κ3) is 2.89. The van der Waals surface area contributed by atoms with Gasteiger partial charge in [-0.25, -0.2) is 4.98 Å². The molecule has 21 heavy (non-hydrogen) atoms. The Hall–Kier alpha value is -2.75. The van der Waals surface area contributed by atoms with Gasteiger partial charge in [0.15, 0.2) is 11.2 Å². The number of aromatic amines is 2. The summed E-state index contributed by atoms with van der Waals surface area (Å²) in [6.45, 7) is 2.56. The monoisotopic (exact) mass is 295 g/mol. The molecule has 5 N–H and O–H groups in total. The van der Waals surface area contributed by atoms with Gasteiger partial charge in [-0.15, -0.1) is 0 Å². The summed E-state index contributed by atoms with van der Waals surface area (Å²) >= 11 is 0. The summed E-state index contributed by atoms with van der Waals surface area (Å²) in [5.41, 5.74) is 3.29. The zero-order chi connectivity index (χ0) is 15.7. The molecule has 0 aliphatic carbocycles. The van der Waals surface area contributed by atoms with Gasteiger partial charge < -0.3 is 20.6 Å². The third-order valence-corrected chi connectivity index (χ3v) is 2.69. The molecule has 0 radical (unpaired) electrons. The Kier molecular flexibility index (Phi) is 3.72. The molecular weight excluding hydrogens is 282 g/mol. The van der Waals surface area contributed by atoms with Crippen LogP contribution in [0.5, 0.6) is 0 Å². The van der Waals surface area contributed by atoms with Crippen LogP contribution < -0.4 is 16.9 Å². The van der Waals surface area contributed by atoms with Crippen molar-refractivity contribution < 1.29 is 14.6 Å². The highest BCUT2D eigenvalue weighted by molar-refractivity contribution is 5.69. The highest BCUT2D eigenvalue weighted by atomic mass is 16.6. The smallest absolute Gasteiger partial charge is 0.302 e. The van der Waals surface area contributed by atoms with Crippen molar-refractivity contribution in [3.05, 3.63) is 26.4 Å². The zero-order valence-corrected chi connectivity index (χ0v) is 11.2. The van der Waals surface area contributed by atoms with Crippen LogP contribution in [-0.2, 0) is 9.53 Å². The number of aliphatic hydroxyl groups excluding tert-OH is 1. The van der Waals surface area contributed by atoms with Gasteiger partial charge >= 0.3 is 5.97 Å². The van der Waals surface area contributed by atoms with E-state index in [0.29, 0.717) is 0 Å². The van der Waals surface area contributed by atoms with E-state index < -0.39 is 29.3 Å². The van der Waals surface area contributed by atoms with Crippen LogP contribution in [0, 0.1) is 0 Å². The van der Waals surface area contributed by atoms with Gasteiger partial charge in [0.05, 0.1) is 0 Å². The number of nitrogens with two attached hydrogens (primary N) is 1. The summed E-state index contributed by atoms with van der Waals surface area (Å²) in [5, 5.41) is 10.0. The molecule has 10 nitrogen and oxygen atoms in total. The number of carbonyl (C=O) groups excluding carboxylic acids is 1. The van der Waals surface area contributed by atoms with Gasteiger partial charge in [-0.1, -0.05) is 0 Å². The molecule has 0 amide bonds. The molecule has 2 heterocycles. The van der Waals surface area contributed by atoms with Crippen LogP contribution in [0.3, 0.4) is 0 Å². The lowest BCUT2D eigenvalue weighted by molar-refractivity contribution is -0.151. The molecule has 0 saturated carbocycles. The van der Waals surface area contributed by atoms with Crippen LogP contribution >= 0.6 is 0 Å². The number of ether oxygens (including phenoxy) is 1. The predicted octanol–water partition coefficient (Wildman–Crippen LogP) is -1.43. The number of anilines is 1. The molecule has 2 aromatic heterocycles. The molecule has 0 aliphatic heterocycles. The van der Waals surface area contributed by atoms with Crippen LogP contribution in [0.4, 0.5) is 5.95 Å². The number of aromatic nitrogens is 4. The second-order valence-corrected chi connectivity index (χ2v) is 4.36. The van der Waals surface area contributed by atoms with E-state index in [2.05, 4.69) is 19.9 Å². The minimum absolute atomic E-state index is 0.0997. The normalized spacial score (nSPS) is 13.9. The number of fused-ring (bicyclic) bond motifs is 1. The summed E-state index contributed by atoms with van der Waals surface area (Å²) in [7, 11) is 0. The first kappa shape index (κ1) is 14.7. The number of nitrogen functional groups attached to an aromatic ring is 1. The minimum atomic E-state index is -1.49. The van der Waals surface area contributed by atoms with Crippen LogP contribution in [-0.4, -0.2) is 37.1 Å². The van der Waals surface area contributed by atoms with Gasteiger partial charge in [-0.3, -0.25) is 19.4 Å². The highest BCUT2D eigenvalue weighted by Gasteiger charge is 2.24. The second-order valence-electron chi connectivity index (χ2n) is 4.36. The van der Waals surface area contributed by atoms with Gasteiger partial charge in [0.25, 0.3) is 11.1 Å². The van der Waals surface area contributed by atoms with Crippen molar-refractivity contribution in [2.24, 2.45) is 0 Å². The summed E-state index contributed by atoms with van der Waals surface area (Å²) in [5.74, 6) is -0.794. The lowest BCUT2D eigenvalue weighted by Gasteiger charge is -2.17. The van der Waals surface area contributed by atoms with Crippen molar-refractivity contribution in [2.45, 2.75) is 26.1 Å². The van der Waals surface area contributed by atoms with Gasteiger partial charge in [-0.2, -0.15) is 4.98 Å². The molecule has 2 unspecified atom stereocenters. The number of aliphatic hydroxyl groups is 1. The summed E-state index contributed by atoms with van der Waals surface area (Å²) in [4.78, 5) is 46.5. The fourth-order valence-electron chi connectivity index (χ4n) is 1.77. The van der Waals surface area contributed by atoms with Crippen molar-refractivity contribution in [3.8, 4) is 0 Å². The zero-order valence-electron chi connectivity index (χ0n) is 11.2. The van der Waals surface area contributed by atoms with E-state index in [1.807, 2.05) is 0 Å². The maximum absolute atomic E-state index is 11.9. The van der Waals surface area contributed by atoms with Crippen LogP contribution in [0.25, 0.3) is 11.2 Å². The van der Waals surface area contributed by atoms with Crippen molar-refractivity contribution >= 4 is 23.1 Å². The Morgan fingerprint density at radius 1 is 1.29 bits per heavy atom. The minimum Gasteiger partial charge on any atom is -0.460 e. The van der Waals surface area contributed by atoms with E-state index in [4.69, 9.17) is 10.5 Å². The summed E-state index contributed by atoms with van der Waals surface area (Å²) in [6, 6.07) is 0. The number of hydrogen-bond donors (Lipinski definition) is 4. The highest BCUT2D eigenvalue weighted by Crippen LogP contribution is 2.15. The molecular formula is C11H13N5O5. The average molecular weight is 295 g/mol. The van der Waals surface area contributed by atoms with E-state index in [0.717, 1.165) is 0 Å². The molecule has 2 rings (SSSR count). The van der Waals surface area contributed by atoms with Crippen LogP contribution in [0.2, 0.25) is 0 Å². The predicted molar refractivity (Wildman–Crippen MR) is 71.4 cm³/mol. The number of rotatable bonds is 3. The fourth-order valence-corrected chi connectivity index (χ4v) is 1.77. The largest absolute Gasteiger partial charge is 0.460 e. The van der Waals surface area contributed by atoms with E-state index in [1.165, 1.54) is 13.8 Å². The lowest BCUT2D eigenvalue weighted by atomic mass is 10.1. The lowest BCUT2D eigenvalue weighted by Crippen LogP contribution is -2.29. The molecule has 2 atom stereocenters. The van der Waals surface area contributed by atoms with Gasteiger partial charge in [0, 0.05) is 6.92 Å². The summed E-state index contributed by atoms with van der Waals surface area (Å²) in [6.07, 6.45) is -2.49. The number of hydrogen-bond acceptors (Lipinski definition) is 8. The van der Waals surface area contributed by atoms with Crippen molar-refractivity contribution in [1.29, 1.82) is 0 Å². The van der Waals surface area contributed by atoms with Gasteiger partial charge in [0.1, 0.15) is 17.9 Å². The fraction of sp³-hybridized carbons (Fsp3) is 0.364. The maximum Gasteiger partial charge on any atom is 0.302 e. The Bertz CT molecular complexity index is 811. The Labute approximate surface area is 117 Å². The first-order valence-electron chi connectivity index (χ1n) is 5.94. The van der Waals surface area contributed by atoms with Crippen molar-refractivity contribution in [1.82, 2.24) is 19.9 Å². The van der Waals surface area contributed by atoms with Crippen molar-refractivity contribution in [2.75, 3.05) is 5.73 Å². The molecule has 0 aromatic carbocycles. The van der Waals surface area contributed by atoms with E-state index >= 15 is 0 Å². The first-order chi connectivity index (χ1) is 9.79. The SMILES string of the molecule is CC(=O)OC(C)C(O)c1nc2c(=O)[nH]c(N)nc2[nH]c1=O. The molecule has 112 valence electrons. The first-order valence-corrected chi connectivity index (χ1v) is 5.94. The van der Waals surface area contributed by atoms with E-state index in [1.54, 1.807) is 0 Å². The second kappa shape index (κ2) is 5.32. The molecule has 0 spiro atoms. The summed E-state index contributed by atoms with van der Waals surface area (Å²) < 4.78 is 4.78. The Balaban J connectivity index is 2.55. The van der Waals surface area contributed by atoms with Gasteiger partial charge in [-0.05, 0) is 6.92 Å². The topological polar surface area (TPSA) is 164 Å². The average Bonchev–Trinajstić information content (AvgIpc) is 2.36. The third-order valence-electron chi connectivity index (χ3n) is 2.69.